The molecule has 1 aromatic carbocycles. The molecule has 0 saturated heterocycles. The van der Waals surface area contributed by atoms with Gasteiger partial charge in [0.1, 0.15) is 5.75 Å². The van der Waals surface area contributed by atoms with E-state index < -0.39 is 0 Å². The Hall–Kier alpha value is -1.51. The third kappa shape index (κ3) is 1.80. The van der Waals surface area contributed by atoms with Crippen molar-refractivity contribution < 1.29 is 9.53 Å². The van der Waals surface area contributed by atoms with Gasteiger partial charge in [0.15, 0.2) is 0 Å². The van der Waals surface area contributed by atoms with Gasteiger partial charge in [0.25, 0.3) is 5.91 Å². The van der Waals surface area contributed by atoms with Gasteiger partial charge >= 0.3 is 0 Å². The molecule has 3 nitrogen and oxygen atoms in total. The van der Waals surface area contributed by atoms with Crippen LogP contribution in [0.15, 0.2) is 18.2 Å². The Labute approximate surface area is 77.7 Å². The van der Waals surface area contributed by atoms with Gasteiger partial charge in [-0.1, -0.05) is 12.1 Å². The fourth-order valence-corrected chi connectivity index (χ4v) is 1.23. The fourth-order valence-electron chi connectivity index (χ4n) is 1.23. The molecule has 1 aromatic rings. The van der Waals surface area contributed by atoms with Crippen molar-refractivity contribution in [2.45, 2.75) is 6.92 Å². The normalized spacial score (nSPS) is 9.46. The number of ether oxygens (including phenoxy) is 1. The molecule has 1 amide bonds. The molecule has 0 aliphatic heterocycles. The van der Waals surface area contributed by atoms with E-state index in [9.17, 15) is 4.79 Å². The molecule has 0 unspecified atom stereocenters. The number of rotatable bonds is 2. The molecule has 0 radical (unpaired) electrons. The molecule has 0 aliphatic carbocycles. The van der Waals surface area contributed by atoms with Gasteiger partial charge in [-0.2, -0.15) is 0 Å². The molecule has 0 aromatic heterocycles. The van der Waals surface area contributed by atoms with Gasteiger partial charge in [-0.25, -0.2) is 0 Å². The predicted molar refractivity (Wildman–Crippen MR) is 51.1 cm³/mol. The highest BCUT2D eigenvalue weighted by Gasteiger charge is 2.12. The molecule has 0 saturated carbocycles. The zero-order chi connectivity index (χ0) is 9.84. The topological polar surface area (TPSA) is 38.3 Å². The number of hydrogen-bond acceptors (Lipinski definition) is 2. The lowest BCUT2D eigenvalue weighted by Crippen LogP contribution is -2.19. The largest absolute Gasteiger partial charge is 0.496 e. The number of carbonyl (C=O) groups excluding carboxylic acids is 1. The highest BCUT2D eigenvalue weighted by Crippen LogP contribution is 2.20. The van der Waals surface area contributed by atoms with Crippen molar-refractivity contribution in [3.8, 4) is 5.75 Å². The Morgan fingerprint density at radius 3 is 2.69 bits per heavy atom. The van der Waals surface area contributed by atoms with Crippen molar-refractivity contribution in [3.05, 3.63) is 29.3 Å². The van der Waals surface area contributed by atoms with Crippen LogP contribution < -0.4 is 10.1 Å². The van der Waals surface area contributed by atoms with E-state index in [2.05, 4.69) is 5.32 Å². The second-order valence-corrected chi connectivity index (χ2v) is 2.73. The van der Waals surface area contributed by atoms with Gasteiger partial charge in [0.2, 0.25) is 0 Å². The third-order valence-electron chi connectivity index (χ3n) is 1.91. The summed E-state index contributed by atoms with van der Waals surface area (Å²) < 4.78 is 5.09. The van der Waals surface area contributed by atoms with Gasteiger partial charge < -0.3 is 10.1 Å². The minimum Gasteiger partial charge on any atom is -0.496 e. The molecule has 1 N–H and O–H groups in total. The van der Waals surface area contributed by atoms with Gasteiger partial charge in [0.05, 0.1) is 12.7 Å². The molecule has 0 heterocycles. The smallest absolute Gasteiger partial charge is 0.255 e. The van der Waals surface area contributed by atoms with Crippen LogP contribution in [0.5, 0.6) is 5.75 Å². The van der Waals surface area contributed by atoms with E-state index in [0.717, 1.165) is 5.56 Å². The van der Waals surface area contributed by atoms with Crippen LogP contribution in [0.25, 0.3) is 0 Å². The summed E-state index contributed by atoms with van der Waals surface area (Å²) in [5.41, 5.74) is 1.52. The van der Waals surface area contributed by atoms with Gasteiger partial charge in [-0.05, 0) is 18.6 Å². The Balaban J connectivity index is 3.22. The van der Waals surface area contributed by atoms with Crippen LogP contribution in [-0.2, 0) is 0 Å². The summed E-state index contributed by atoms with van der Waals surface area (Å²) in [5.74, 6) is 0.495. The van der Waals surface area contributed by atoms with Crippen LogP contribution in [0.2, 0.25) is 0 Å². The summed E-state index contributed by atoms with van der Waals surface area (Å²) in [6.07, 6.45) is 0. The fraction of sp³-hybridized carbons (Fsp3) is 0.300. The van der Waals surface area contributed by atoms with Crippen molar-refractivity contribution in [2.24, 2.45) is 0 Å². The Morgan fingerprint density at radius 1 is 1.46 bits per heavy atom. The summed E-state index contributed by atoms with van der Waals surface area (Å²) in [5, 5.41) is 2.58. The molecule has 3 heteroatoms. The maximum atomic E-state index is 11.4. The lowest BCUT2D eigenvalue weighted by atomic mass is 10.1. The van der Waals surface area contributed by atoms with Gasteiger partial charge in [0, 0.05) is 7.05 Å². The first-order valence-electron chi connectivity index (χ1n) is 4.06. The molecule has 0 fully saturated rings. The minimum atomic E-state index is -0.116. The molecular weight excluding hydrogens is 166 g/mol. The first kappa shape index (κ1) is 9.58. The Kier molecular flexibility index (Phi) is 2.90. The highest BCUT2D eigenvalue weighted by molar-refractivity contribution is 5.98. The van der Waals surface area contributed by atoms with Crippen LogP contribution in [-0.4, -0.2) is 20.1 Å². The van der Waals surface area contributed by atoms with E-state index in [0.29, 0.717) is 11.3 Å². The number of carbonyl (C=O) groups is 1. The molecular formula is C10H13NO2. The lowest BCUT2D eigenvalue weighted by molar-refractivity contribution is 0.0959. The Bertz CT molecular complexity index is 321. The van der Waals surface area contributed by atoms with E-state index in [-0.39, 0.29) is 5.91 Å². The maximum Gasteiger partial charge on any atom is 0.255 e. The quantitative estimate of drug-likeness (QED) is 0.744. The van der Waals surface area contributed by atoms with Crippen molar-refractivity contribution in [2.75, 3.05) is 14.2 Å². The third-order valence-corrected chi connectivity index (χ3v) is 1.91. The van der Waals surface area contributed by atoms with E-state index in [1.807, 2.05) is 19.1 Å². The number of methoxy groups -OCH3 is 1. The van der Waals surface area contributed by atoms with Crippen LogP contribution >= 0.6 is 0 Å². The number of benzene rings is 1. The zero-order valence-electron chi connectivity index (χ0n) is 8.05. The summed E-state index contributed by atoms with van der Waals surface area (Å²) in [4.78, 5) is 11.4. The molecule has 0 aliphatic rings. The maximum absolute atomic E-state index is 11.4. The van der Waals surface area contributed by atoms with Crippen molar-refractivity contribution >= 4 is 5.91 Å². The summed E-state index contributed by atoms with van der Waals surface area (Å²) >= 11 is 0. The average Bonchev–Trinajstić information content (AvgIpc) is 2.16. The number of aryl methyl sites for hydroxylation is 1. The summed E-state index contributed by atoms with van der Waals surface area (Å²) in [6.45, 7) is 1.88. The van der Waals surface area contributed by atoms with Crippen molar-refractivity contribution in [1.29, 1.82) is 0 Å². The SMILES string of the molecule is CNC(=O)c1c(C)cccc1OC. The molecule has 1 rings (SSSR count). The van der Waals surface area contributed by atoms with Crippen LogP contribution in [0.3, 0.4) is 0 Å². The molecule has 70 valence electrons. The van der Waals surface area contributed by atoms with Crippen molar-refractivity contribution in [1.82, 2.24) is 5.32 Å². The minimum absolute atomic E-state index is 0.116. The van der Waals surface area contributed by atoms with Gasteiger partial charge in [-0.15, -0.1) is 0 Å². The molecule has 13 heavy (non-hydrogen) atoms. The highest BCUT2D eigenvalue weighted by atomic mass is 16.5. The van der Waals surface area contributed by atoms with E-state index in [1.165, 1.54) is 0 Å². The molecule has 0 spiro atoms. The molecule has 0 atom stereocenters. The van der Waals surface area contributed by atoms with E-state index in [4.69, 9.17) is 4.74 Å². The number of nitrogens with one attached hydrogen (secondary N) is 1. The number of amides is 1. The van der Waals surface area contributed by atoms with Crippen molar-refractivity contribution in [3.63, 3.8) is 0 Å². The van der Waals surface area contributed by atoms with E-state index >= 15 is 0 Å². The summed E-state index contributed by atoms with van der Waals surface area (Å²) in [6, 6.07) is 5.52. The standard InChI is InChI=1S/C10H13NO2/c1-7-5-4-6-8(13-3)9(7)10(12)11-2/h4-6H,1-3H3,(H,11,12). The van der Waals surface area contributed by atoms with Crippen LogP contribution in [0, 0.1) is 6.92 Å². The van der Waals surface area contributed by atoms with Gasteiger partial charge in [-0.3, -0.25) is 4.79 Å². The number of hydrogen-bond donors (Lipinski definition) is 1. The average molecular weight is 179 g/mol. The Morgan fingerprint density at radius 2 is 2.15 bits per heavy atom. The van der Waals surface area contributed by atoms with Crippen LogP contribution in [0.4, 0.5) is 0 Å². The molecule has 0 bridgehead atoms. The first-order valence-corrected chi connectivity index (χ1v) is 4.06. The predicted octanol–water partition coefficient (Wildman–Crippen LogP) is 1.36. The lowest BCUT2D eigenvalue weighted by Gasteiger charge is -2.09. The second kappa shape index (κ2) is 3.94. The first-order chi connectivity index (χ1) is 6.20. The zero-order valence-corrected chi connectivity index (χ0v) is 8.05. The second-order valence-electron chi connectivity index (χ2n) is 2.73. The monoisotopic (exact) mass is 179 g/mol. The summed E-state index contributed by atoms with van der Waals surface area (Å²) in [7, 11) is 3.16. The van der Waals surface area contributed by atoms with Crippen LogP contribution in [0.1, 0.15) is 15.9 Å². The van der Waals surface area contributed by atoms with E-state index in [1.54, 1.807) is 20.2 Å².